The van der Waals surface area contributed by atoms with Crippen LogP contribution in [0.3, 0.4) is 0 Å². The summed E-state index contributed by atoms with van der Waals surface area (Å²) < 4.78 is 0. The maximum atomic E-state index is 12.7. The first kappa shape index (κ1) is 18.7. The summed E-state index contributed by atoms with van der Waals surface area (Å²) in [7, 11) is 0. The van der Waals surface area contributed by atoms with Gasteiger partial charge in [-0.2, -0.15) is 0 Å². The van der Waals surface area contributed by atoms with Crippen LogP contribution < -0.4 is 10.6 Å². The fraction of sp³-hybridized carbons (Fsp3) is 0.444. The van der Waals surface area contributed by atoms with Crippen LogP contribution in [0.4, 0.5) is 0 Å². The third-order valence-electron chi connectivity index (χ3n) is 3.89. The highest BCUT2D eigenvalue weighted by atomic mass is 32.1. The zero-order chi connectivity index (χ0) is 17.9. The van der Waals surface area contributed by atoms with Crippen molar-refractivity contribution in [2.45, 2.75) is 46.7 Å². The number of hydrogen-bond acceptors (Lipinski definition) is 4. The first-order valence-corrected chi connectivity index (χ1v) is 9.71. The van der Waals surface area contributed by atoms with Crippen LogP contribution in [-0.4, -0.2) is 17.9 Å². The van der Waals surface area contributed by atoms with Crippen molar-refractivity contribution in [3.05, 3.63) is 43.8 Å². The molecule has 2 amide bonds. The molecule has 0 aliphatic rings. The average Bonchev–Trinajstić information content (AvgIpc) is 3.13. The highest BCUT2D eigenvalue weighted by Gasteiger charge is 2.26. The summed E-state index contributed by atoms with van der Waals surface area (Å²) in [6.07, 6.45) is 0. The molecule has 6 heteroatoms. The van der Waals surface area contributed by atoms with Crippen molar-refractivity contribution in [2.24, 2.45) is 5.92 Å². The van der Waals surface area contributed by atoms with Gasteiger partial charge in [0.05, 0.1) is 10.9 Å². The van der Waals surface area contributed by atoms with Gasteiger partial charge in [-0.1, -0.05) is 19.9 Å². The molecule has 0 bridgehead atoms. The van der Waals surface area contributed by atoms with E-state index in [1.165, 1.54) is 21.1 Å². The molecule has 0 aliphatic heterocycles. The molecule has 2 heterocycles. The molecule has 2 rings (SSSR count). The molecule has 2 aromatic heterocycles. The first-order chi connectivity index (χ1) is 11.3. The van der Waals surface area contributed by atoms with Crippen LogP contribution in [0.25, 0.3) is 0 Å². The Balaban J connectivity index is 2.06. The van der Waals surface area contributed by atoms with E-state index in [0.717, 1.165) is 5.56 Å². The molecule has 0 radical (unpaired) electrons. The van der Waals surface area contributed by atoms with Crippen molar-refractivity contribution in [1.29, 1.82) is 0 Å². The Bertz CT molecular complexity index is 705. The zero-order valence-electron chi connectivity index (χ0n) is 14.7. The van der Waals surface area contributed by atoms with Gasteiger partial charge >= 0.3 is 0 Å². The molecule has 2 N–H and O–H groups in total. The summed E-state index contributed by atoms with van der Waals surface area (Å²) in [5.74, 6) is -0.342. The molecule has 24 heavy (non-hydrogen) atoms. The van der Waals surface area contributed by atoms with Gasteiger partial charge in [0, 0.05) is 9.75 Å². The summed E-state index contributed by atoms with van der Waals surface area (Å²) in [5, 5.41) is 7.75. The Morgan fingerprint density at radius 1 is 1.12 bits per heavy atom. The summed E-state index contributed by atoms with van der Waals surface area (Å²) >= 11 is 3.10. The van der Waals surface area contributed by atoms with Gasteiger partial charge in [-0.3, -0.25) is 9.59 Å². The number of nitrogens with one attached hydrogen (secondary N) is 2. The van der Waals surface area contributed by atoms with Crippen LogP contribution in [0.2, 0.25) is 0 Å². The minimum Gasteiger partial charge on any atom is -0.348 e. The Morgan fingerprint density at radius 2 is 1.83 bits per heavy atom. The fourth-order valence-corrected chi connectivity index (χ4v) is 4.27. The van der Waals surface area contributed by atoms with E-state index in [4.69, 9.17) is 0 Å². The highest BCUT2D eigenvalue weighted by molar-refractivity contribution is 7.12. The third-order valence-corrected chi connectivity index (χ3v) is 5.74. The number of carbonyl (C=O) groups excluding carboxylic acids is 2. The van der Waals surface area contributed by atoms with E-state index in [0.29, 0.717) is 4.88 Å². The van der Waals surface area contributed by atoms with Gasteiger partial charge in [0.1, 0.15) is 6.04 Å². The highest BCUT2D eigenvalue weighted by Crippen LogP contribution is 2.26. The van der Waals surface area contributed by atoms with Gasteiger partial charge in [-0.05, 0) is 49.8 Å². The van der Waals surface area contributed by atoms with Crippen molar-refractivity contribution in [2.75, 3.05) is 0 Å². The van der Waals surface area contributed by atoms with E-state index in [9.17, 15) is 9.59 Å². The zero-order valence-corrected chi connectivity index (χ0v) is 16.3. The Labute approximate surface area is 151 Å². The summed E-state index contributed by atoms with van der Waals surface area (Å²) in [4.78, 5) is 28.0. The third kappa shape index (κ3) is 4.45. The molecule has 0 spiro atoms. The smallest absolute Gasteiger partial charge is 0.262 e. The van der Waals surface area contributed by atoms with Crippen molar-refractivity contribution >= 4 is 34.5 Å². The van der Waals surface area contributed by atoms with Crippen LogP contribution in [0.1, 0.15) is 51.8 Å². The largest absolute Gasteiger partial charge is 0.348 e. The van der Waals surface area contributed by atoms with Gasteiger partial charge in [-0.25, -0.2) is 0 Å². The summed E-state index contributed by atoms with van der Waals surface area (Å²) in [6.45, 7) is 9.97. The van der Waals surface area contributed by atoms with Crippen LogP contribution in [0.5, 0.6) is 0 Å². The number of hydrogen-bond donors (Lipinski definition) is 2. The van der Waals surface area contributed by atoms with E-state index in [1.807, 2.05) is 32.2 Å². The molecular weight excluding hydrogens is 340 g/mol. The maximum Gasteiger partial charge on any atom is 0.262 e. The SMILES string of the molecule is Cc1cc([C@H](C)NC(=O)[C@H](NC(=O)c2cccs2)C(C)C)c(C)s1. The minimum absolute atomic E-state index is 0.00594. The van der Waals surface area contributed by atoms with E-state index in [2.05, 4.69) is 30.5 Å². The average molecular weight is 365 g/mol. The second kappa shape index (κ2) is 7.94. The normalized spacial score (nSPS) is 13.6. The van der Waals surface area contributed by atoms with Crippen molar-refractivity contribution < 1.29 is 9.59 Å². The summed E-state index contributed by atoms with van der Waals surface area (Å²) in [6, 6.07) is 5.06. The second-order valence-electron chi connectivity index (χ2n) is 6.27. The van der Waals surface area contributed by atoms with Crippen LogP contribution >= 0.6 is 22.7 Å². The van der Waals surface area contributed by atoms with Crippen LogP contribution in [0, 0.1) is 19.8 Å². The summed E-state index contributed by atoms with van der Waals surface area (Å²) in [5.41, 5.74) is 1.14. The molecule has 0 saturated carbocycles. The monoisotopic (exact) mass is 364 g/mol. The van der Waals surface area contributed by atoms with Gasteiger partial charge in [0.2, 0.25) is 5.91 Å². The Hall–Kier alpha value is -1.66. The van der Waals surface area contributed by atoms with Crippen LogP contribution in [0.15, 0.2) is 23.6 Å². The topological polar surface area (TPSA) is 58.2 Å². The van der Waals surface area contributed by atoms with E-state index >= 15 is 0 Å². The molecule has 2 aromatic rings. The van der Waals surface area contributed by atoms with Crippen molar-refractivity contribution in [1.82, 2.24) is 10.6 Å². The molecule has 0 saturated heterocycles. The van der Waals surface area contributed by atoms with Crippen molar-refractivity contribution in [3.63, 3.8) is 0 Å². The lowest BCUT2D eigenvalue weighted by molar-refractivity contribution is -0.124. The molecule has 0 fully saturated rings. The number of carbonyl (C=O) groups is 2. The number of thiophene rings is 2. The number of aryl methyl sites for hydroxylation is 2. The molecule has 4 nitrogen and oxygen atoms in total. The Morgan fingerprint density at radius 3 is 2.33 bits per heavy atom. The van der Waals surface area contributed by atoms with E-state index in [1.54, 1.807) is 17.4 Å². The van der Waals surface area contributed by atoms with E-state index in [-0.39, 0.29) is 23.8 Å². The second-order valence-corrected chi connectivity index (χ2v) is 8.68. The minimum atomic E-state index is -0.554. The fourth-order valence-electron chi connectivity index (χ4n) is 2.62. The molecule has 130 valence electrons. The van der Waals surface area contributed by atoms with Gasteiger partial charge < -0.3 is 10.6 Å². The van der Waals surface area contributed by atoms with Crippen LogP contribution in [-0.2, 0) is 4.79 Å². The standard InChI is InChI=1S/C18H24N2O2S2/c1-10(2)16(20-17(21)15-7-6-8-23-15)18(22)19-12(4)14-9-11(3)24-13(14)5/h6-10,12,16H,1-5H3,(H,19,22)(H,20,21)/t12-,16+/m0/s1. The predicted molar refractivity (Wildman–Crippen MR) is 101 cm³/mol. The molecule has 0 aromatic carbocycles. The quantitative estimate of drug-likeness (QED) is 0.812. The molecule has 0 aliphatic carbocycles. The van der Waals surface area contributed by atoms with Gasteiger partial charge in [-0.15, -0.1) is 22.7 Å². The maximum absolute atomic E-state index is 12.7. The lowest BCUT2D eigenvalue weighted by Gasteiger charge is -2.24. The predicted octanol–water partition coefficient (Wildman–Crippen LogP) is 4.06. The molecule has 2 atom stereocenters. The van der Waals surface area contributed by atoms with E-state index < -0.39 is 6.04 Å². The number of rotatable bonds is 6. The molecule has 0 unspecified atom stereocenters. The number of amides is 2. The Kier molecular flexibility index (Phi) is 6.18. The van der Waals surface area contributed by atoms with Gasteiger partial charge in [0.25, 0.3) is 5.91 Å². The lowest BCUT2D eigenvalue weighted by Crippen LogP contribution is -2.50. The molecular formula is C18H24N2O2S2. The lowest BCUT2D eigenvalue weighted by atomic mass is 10.0. The first-order valence-electron chi connectivity index (χ1n) is 8.01. The van der Waals surface area contributed by atoms with Crippen molar-refractivity contribution in [3.8, 4) is 0 Å². The van der Waals surface area contributed by atoms with Gasteiger partial charge in [0.15, 0.2) is 0 Å².